The molecule has 0 bridgehead atoms. The quantitative estimate of drug-likeness (QED) is 0.0321. The number of anilines is 8. The van der Waals surface area contributed by atoms with Crippen LogP contribution >= 0.6 is 11.6 Å². The molecule has 11 aromatic carbocycles. The maximum atomic E-state index is 14.6. The first-order valence-electron chi connectivity index (χ1n) is 32.6. The molecule has 0 saturated heterocycles. The maximum absolute atomic E-state index is 14.6. The average Bonchev–Trinajstić information content (AvgIpc) is 1.48. The molecule has 104 heavy (non-hydrogen) atoms. The van der Waals surface area contributed by atoms with E-state index in [1.54, 1.807) is 82.3 Å². The van der Waals surface area contributed by atoms with E-state index in [1.807, 2.05) is 42.5 Å². The highest BCUT2D eigenvalue weighted by Gasteiger charge is 2.43. The summed E-state index contributed by atoms with van der Waals surface area (Å²) in [5.41, 5.74) is 20.0. The highest BCUT2D eigenvalue weighted by molar-refractivity contribution is 6.38. The topological polar surface area (TPSA) is 294 Å². The van der Waals surface area contributed by atoms with E-state index in [0.29, 0.717) is 61.4 Å². The Morgan fingerprint density at radius 3 is 0.923 bits per heavy atom. The minimum absolute atomic E-state index is 0.0221. The molecule has 4 aliphatic rings. The van der Waals surface area contributed by atoms with Crippen molar-refractivity contribution in [3.63, 3.8) is 0 Å². The van der Waals surface area contributed by atoms with E-state index in [0.717, 1.165) is 36.3 Å². The van der Waals surface area contributed by atoms with Crippen LogP contribution in [0.3, 0.4) is 0 Å². The van der Waals surface area contributed by atoms with Crippen molar-refractivity contribution in [3.8, 4) is 0 Å². The number of rotatable bonds is 15. The fourth-order valence-electron chi connectivity index (χ4n) is 14.1. The Labute approximate surface area is 597 Å². The largest absolute Gasteiger partial charge is 0.399 e. The molecule has 21 heteroatoms. The van der Waals surface area contributed by atoms with Gasteiger partial charge in [0, 0.05) is 67.1 Å². The number of carbonyl (C=O) groups excluding carboxylic acids is 12. The highest BCUT2D eigenvalue weighted by atomic mass is 35.5. The Kier molecular flexibility index (Phi) is 16.1. The molecular formula is C83H55ClN8O12. The van der Waals surface area contributed by atoms with Crippen molar-refractivity contribution in [1.82, 2.24) is 0 Å². The Morgan fingerprint density at radius 2 is 0.606 bits per heavy atom. The number of hydrogen-bond acceptors (Lipinski definition) is 14. The Hall–Kier alpha value is -13.9. The lowest BCUT2D eigenvalue weighted by Crippen LogP contribution is -2.31. The van der Waals surface area contributed by atoms with Crippen molar-refractivity contribution in [3.05, 3.63) is 340 Å². The molecule has 0 unspecified atom stereocenters. The number of aryl methyl sites for hydroxylation is 4. The molecule has 0 aromatic heterocycles. The van der Waals surface area contributed by atoms with Crippen LogP contribution in [0.2, 0.25) is 5.02 Å². The van der Waals surface area contributed by atoms with Gasteiger partial charge in [-0.25, -0.2) is 19.6 Å². The number of imide groups is 4. The molecule has 0 fully saturated rings. The number of halogens is 1. The van der Waals surface area contributed by atoms with Crippen molar-refractivity contribution in [2.24, 2.45) is 0 Å². The molecule has 6 N–H and O–H groups in total. The van der Waals surface area contributed by atoms with Gasteiger partial charge in [-0.15, -0.1) is 0 Å². The predicted molar refractivity (Wildman–Crippen MR) is 392 cm³/mol. The van der Waals surface area contributed by atoms with Crippen LogP contribution in [0, 0.1) is 27.7 Å². The summed E-state index contributed by atoms with van der Waals surface area (Å²) < 4.78 is 0. The predicted octanol–water partition coefficient (Wildman–Crippen LogP) is 14.1. The summed E-state index contributed by atoms with van der Waals surface area (Å²) in [6, 6.07) is 56.4. The third-order valence-corrected chi connectivity index (χ3v) is 19.3. The molecule has 4 heterocycles. The number of nitrogens with one attached hydrogen (secondary N) is 2. The molecule has 0 spiro atoms. The van der Waals surface area contributed by atoms with E-state index in [4.69, 9.17) is 23.1 Å². The van der Waals surface area contributed by atoms with E-state index < -0.39 is 76.6 Å². The van der Waals surface area contributed by atoms with Crippen molar-refractivity contribution < 1.29 is 57.5 Å². The molecule has 0 saturated carbocycles. The van der Waals surface area contributed by atoms with Crippen molar-refractivity contribution in [2.45, 2.75) is 33.6 Å². The fraction of sp³-hybridized carbons (Fsp3) is 0.0602. The van der Waals surface area contributed by atoms with Crippen LogP contribution in [0.25, 0.3) is 0 Å². The second-order valence-corrected chi connectivity index (χ2v) is 26.2. The Morgan fingerprint density at radius 1 is 0.317 bits per heavy atom. The molecule has 4 aliphatic heterocycles. The third-order valence-electron chi connectivity index (χ3n) is 19.0. The van der Waals surface area contributed by atoms with Gasteiger partial charge in [0.2, 0.25) is 0 Å². The lowest BCUT2D eigenvalue weighted by atomic mass is 9.82. The first kappa shape index (κ1) is 66.1. The SMILES string of the molecule is Cc1cc(C(c2cccc(Cl)c2)c2cc(C)c(N3C(=O)c4ccc(C(=O)c5ccc6c(c5)C(=O)N(c5ccc(C(=O)Nc7ccc(N)cc7)cc5)C6=O)cc4C3=O)c(C)c2)cc(C)c1N1C(=O)c2ccc(C(=O)c3ccc4c(c3)C(=O)N(c3ccc(C(=O)Nc5ccc(N)cc5)cc3)C4=O)cc2C1=O. The van der Waals surface area contributed by atoms with Gasteiger partial charge < -0.3 is 22.1 Å². The molecule has 11 aromatic rings. The number of fused-ring (bicyclic) bond motifs is 4. The van der Waals surface area contributed by atoms with Crippen molar-refractivity contribution in [1.29, 1.82) is 0 Å². The summed E-state index contributed by atoms with van der Waals surface area (Å²) in [6.07, 6.45) is 0. The first-order valence-corrected chi connectivity index (χ1v) is 33.0. The number of amides is 10. The lowest BCUT2D eigenvalue weighted by Gasteiger charge is -2.26. The number of nitrogens with zero attached hydrogens (tertiary/aromatic N) is 4. The van der Waals surface area contributed by atoms with Crippen LogP contribution in [-0.2, 0) is 0 Å². The Bertz CT molecular complexity index is 5380. The summed E-state index contributed by atoms with van der Waals surface area (Å²) >= 11 is 6.69. The number of ketones is 2. The summed E-state index contributed by atoms with van der Waals surface area (Å²) in [4.78, 5) is 172. The molecule has 10 amide bonds. The second-order valence-electron chi connectivity index (χ2n) is 25.7. The van der Waals surface area contributed by atoms with Crippen LogP contribution < -0.4 is 41.7 Å². The van der Waals surface area contributed by atoms with Gasteiger partial charge in [0.1, 0.15) is 0 Å². The average molecular weight is 1390 g/mol. The van der Waals surface area contributed by atoms with E-state index in [9.17, 15) is 57.5 Å². The summed E-state index contributed by atoms with van der Waals surface area (Å²) in [6.45, 7) is 7.11. The molecular weight excluding hydrogens is 1340 g/mol. The van der Waals surface area contributed by atoms with Gasteiger partial charge in [-0.3, -0.25) is 57.5 Å². The number of nitrogens with two attached hydrogens (primary N) is 2. The van der Waals surface area contributed by atoms with Gasteiger partial charge in [-0.2, -0.15) is 0 Å². The van der Waals surface area contributed by atoms with Gasteiger partial charge in [-0.1, -0.05) is 72.3 Å². The number of carbonyl (C=O) groups is 12. The number of hydrogen-bond donors (Lipinski definition) is 4. The van der Waals surface area contributed by atoms with E-state index in [2.05, 4.69) is 10.6 Å². The Balaban J connectivity index is 0.646. The van der Waals surface area contributed by atoms with E-state index in [1.165, 1.54) is 121 Å². The highest BCUT2D eigenvalue weighted by Crippen LogP contribution is 2.44. The minimum atomic E-state index is -0.689. The molecule has 0 aliphatic carbocycles. The number of benzene rings is 11. The zero-order valence-electron chi connectivity index (χ0n) is 55.6. The van der Waals surface area contributed by atoms with Gasteiger partial charge in [-0.05, 0) is 224 Å². The smallest absolute Gasteiger partial charge is 0.266 e. The normalized spacial score (nSPS) is 13.6. The first-order chi connectivity index (χ1) is 49.9. The van der Waals surface area contributed by atoms with Crippen LogP contribution in [0.5, 0.6) is 0 Å². The van der Waals surface area contributed by atoms with Gasteiger partial charge in [0.15, 0.2) is 11.6 Å². The van der Waals surface area contributed by atoms with Crippen LogP contribution in [0.15, 0.2) is 218 Å². The molecule has 506 valence electrons. The standard InChI is InChI=1S/C83H55ClN8O12/c1-41-32-52(33-42(2)70(41)91-78(99)63-30-14-50(39-67(63)82(91)103)72(93)48-12-28-61-65(37-48)80(101)89(76(61)97)59-24-8-45(9-25-59)74(95)87-57-20-16-55(85)17-21-57)69(47-6-5-7-54(84)36-47)53-34-43(3)71(44(4)35-53)92-79(100)64-31-15-51(40-68(64)83(92)104)73(94)49-13-29-62-66(38-49)81(102)90(77(62)98)60-26-10-46(11-27-60)75(96)88-58-22-18-56(86)19-23-58/h5-40,69H,85-86H2,1-4H3,(H,87,95)(H,88,96). The van der Waals surface area contributed by atoms with Crippen LogP contribution in [-0.4, -0.2) is 70.6 Å². The maximum Gasteiger partial charge on any atom is 0.266 e. The molecule has 20 nitrogen and oxygen atoms in total. The minimum Gasteiger partial charge on any atom is -0.399 e. The van der Waals surface area contributed by atoms with Crippen molar-refractivity contribution in [2.75, 3.05) is 41.7 Å². The zero-order chi connectivity index (χ0) is 73.0. The summed E-state index contributed by atoms with van der Waals surface area (Å²) in [5.74, 6) is -7.78. The van der Waals surface area contributed by atoms with Crippen LogP contribution in [0.4, 0.5) is 45.5 Å². The lowest BCUT2D eigenvalue weighted by molar-refractivity contribution is 0.0910. The monoisotopic (exact) mass is 1390 g/mol. The summed E-state index contributed by atoms with van der Waals surface area (Å²) in [7, 11) is 0. The molecule has 15 rings (SSSR count). The zero-order valence-corrected chi connectivity index (χ0v) is 56.3. The van der Waals surface area contributed by atoms with Gasteiger partial charge in [0.05, 0.1) is 67.3 Å². The summed E-state index contributed by atoms with van der Waals surface area (Å²) in [5, 5.41) is 5.98. The fourth-order valence-corrected chi connectivity index (χ4v) is 14.3. The second kappa shape index (κ2) is 25.4. The van der Waals surface area contributed by atoms with E-state index in [-0.39, 0.29) is 89.3 Å². The molecule has 0 atom stereocenters. The molecule has 0 radical (unpaired) electrons. The van der Waals surface area contributed by atoms with Gasteiger partial charge >= 0.3 is 0 Å². The van der Waals surface area contributed by atoms with Crippen LogP contribution in [0.1, 0.15) is 180 Å². The third kappa shape index (κ3) is 11.2. The van der Waals surface area contributed by atoms with Gasteiger partial charge in [0.25, 0.3) is 59.1 Å². The number of nitrogen functional groups attached to an aromatic ring is 2. The van der Waals surface area contributed by atoms with Crippen molar-refractivity contribution >= 4 is 128 Å². The van der Waals surface area contributed by atoms with E-state index >= 15 is 0 Å².